The first-order valence-electron chi connectivity index (χ1n) is 6.71. The molecule has 1 rings (SSSR count). The Morgan fingerprint density at radius 2 is 2.00 bits per heavy atom. The molecule has 0 aliphatic heterocycles. The zero-order chi connectivity index (χ0) is 12.3. The van der Waals surface area contributed by atoms with Gasteiger partial charge in [-0.2, -0.15) is 11.8 Å². The number of rotatable bonds is 9. The largest absolute Gasteiger partial charge is 0.382 e. The molecule has 1 fully saturated rings. The molecule has 0 aromatic heterocycles. The summed E-state index contributed by atoms with van der Waals surface area (Å²) >= 11 is 2.02. The van der Waals surface area contributed by atoms with E-state index in [4.69, 9.17) is 9.47 Å². The first-order chi connectivity index (χ1) is 8.38. The lowest BCUT2D eigenvalue weighted by Crippen LogP contribution is -2.41. The molecule has 102 valence electrons. The van der Waals surface area contributed by atoms with Gasteiger partial charge >= 0.3 is 0 Å². The van der Waals surface area contributed by atoms with Gasteiger partial charge in [-0.3, -0.25) is 0 Å². The third-order valence-corrected chi connectivity index (χ3v) is 4.48. The van der Waals surface area contributed by atoms with E-state index in [9.17, 15) is 0 Å². The van der Waals surface area contributed by atoms with Crippen molar-refractivity contribution in [2.45, 2.75) is 43.4 Å². The van der Waals surface area contributed by atoms with E-state index in [2.05, 4.69) is 11.6 Å². The second-order valence-electron chi connectivity index (χ2n) is 4.58. The van der Waals surface area contributed by atoms with E-state index in [1.165, 1.54) is 25.7 Å². The molecule has 0 saturated heterocycles. The van der Waals surface area contributed by atoms with Crippen LogP contribution in [0.3, 0.4) is 0 Å². The van der Waals surface area contributed by atoms with Crippen LogP contribution in [0.2, 0.25) is 0 Å². The Hall–Kier alpha value is 0.230. The molecule has 0 bridgehead atoms. The number of hydrogen-bond donors (Lipinski definition) is 1. The van der Waals surface area contributed by atoms with Crippen LogP contribution < -0.4 is 5.32 Å². The average molecular weight is 261 g/mol. The van der Waals surface area contributed by atoms with Crippen LogP contribution in [0.4, 0.5) is 0 Å². The summed E-state index contributed by atoms with van der Waals surface area (Å²) in [4.78, 5) is 0. The molecule has 1 aliphatic carbocycles. The molecule has 0 spiro atoms. The normalized spacial score (nSPS) is 25.1. The minimum absolute atomic E-state index is 0.699. The summed E-state index contributed by atoms with van der Waals surface area (Å²) in [6.45, 7) is 3.33. The molecule has 0 aromatic carbocycles. The predicted octanol–water partition coefficient (Wildman–Crippen LogP) is 2.30. The summed E-state index contributed by atoms with van der Waals surface area (Å²) in [6.07, 6.45) is 8.85. The van der Waals surface area contributed by atoms with Gasteiger partial charge in [-0.1, -0.05) is 12.8 Å². The Labute approximate surface area is 110 Å². The fourth-order valence-corrected chi connectivity index (χ4v) is 3.28. The van der Waals surface area contributed by atoms with Gasteiger partial charge in [0.15, 0.2) is 0 Å². The van der Waals surface area contributed by atoms with E-state index < -0.39 is 0 Å². The van der Waals surface area contributed by atoms with Gasteiger partial charge in [0.25, 0.3) is 0 Å². The fraction of sp³-hybridized carbons (Fsp3) is 1.00. The Morgan fingerprint density at radius 3 is 2.76 bits per heavy atom. The molecular weight excluding hydrogens is 234 g/mol. The molecule has 1 N–H and O–H groups in total. The standard InChI is InChI=1S/C13H27NO2S/c1-15-10-11-16-9-5-8-14-12-6-3-4-7-13(12)17-2/h12-14H,3-11H2,1-2H3. The van der Waals surface area contributed by atoms with Gasteiger partial charge < -0.3 is 14.8 Å². The van der Waals surface area contributed by atoms with Crippen LogP contribution in [-0.2, 0) is 9.47 Å². The average Bonchev–Trinajstić information content (AvgIpc) is 2.38. The minimum Gasteiger partial charge on any atom is -0.382 e. The molecule has 2 unspecified atom stereocenters. The highest BCUT2D eigenvalue weighted by Crippen LogP contribution is 2.26. The molecule has 1 aliphatic rings. The molecule has 0 amide bonds. The van der Waals surface area contributed by atoms with E-state index in [0.29, 0.717) is 13.2 Å². The van der Waals surface area contributed by atoms with Crippen LogP contribution in [0.15, 0.2) is 0 Å². The Kier molecular flexibility index (Phi) is 9.16. The Morgan fingerprint density at radius 1 is 1.18 bits per heavy atom. The molecule has 0 aromatic rings. The lowest BCUT2D eigenvalue weighted by Gasteiger charge is -2.31. The number of nitrogens with one attached hydrogen (secondary N) is 1. The highest BCUT2D eigenvalue weighted by Gasteiger charge is 2.23. The number of hydrogen-bond acceptors (Lipinski definition) is 4. The lowest BCUT2D eigenvalue weighted by atomic mass is 9.95. The molecular formula is C13H27NO2S. The first kappa shape index (κ1) is 15.3. The lowest BCUT2D eigenvalue weighted by molar-refractivity contribution is 0.0691. The van der Waals surface area contributed by atoms with Crippen molar-refractivity contribution in [1.82, 2.24) is 5.32 Å². The van der Waals surface area contributed by atoms with Gasteiger partial charge in [0.05, 0.1) is 13.2 Å². The van der Waals surface area contributed by atoms with Gasteiger partial charge in [-0.25, -0.2) is 0 Å². The number of ether oxygens (including phenoxy) is 2. The van der Waals surface area contributed by atoms with Crippen molar-refractivity contribution in [3.05, 3.63) is 0 Å². The maximum atomic E-state index is 5.45. The third kappa shape index (κ3) is 6.65. The van der Waals surface area contributed by atoms with Crippen molar-refractivity contribution in [1.29, 1.82) is 0 Å². The van der Waals surface area contributed by atoms with Crippen LogP contribution >= 0.6 is 11.8 Å². The Bertz CT molecular complexity index is 181. The zero-order valence-corrected chi connectivity index (χ0v) is 12.1. The number of methoxy groups -OCH3 is 1. The highest BCUT2D eigenvalue weighted by atomic mass is 32.2. The van der Waals surface area contributed by atoms with E-state index in [1.54, 1.807) is 7.11 Å². The van der Waals surface area contributed by atoms with Gasteiger partial charge in [0, 0.05) is 25.0 Å². The monoisotopic (exact) mass is 261 g/mol. The van der Waals surface area contributed by atoms with Gasteiger partial charge in [0.2, 0.25) is 0 Å². The summed E-state index contributed by atoms with van der Waals surface area (Å²) in [6, 6.07) is 0.720. The molecule has 0 heterocycles. The number of thioether (sulfide) groups is 1. The van der Waals surface area contributed by atoms with Crippen molar-refractivity contribution in [2.75, 3.05) is 39.7 Å². The van der Waals surface area contributed by atoms with E-state index in [0.717, 1.165) is 30.9 Å². The SMILES string of the molecule is COCCOCCCNC1CCCCC1SC. The van der Waals surface area contributed by atoms with E-state index in [-0.39, 0.29) is 0 Å². The Balaban J connectivity index is 1.97. The van der Waals surface area contributed by atoms with Crippen molar-refractivity contribution >= 4 is 11.8 Å². The van der Waals surface area contributed by atoms with Crippen LogP contribution in [0.25, 0.3) is 0 Å². The molecule has 3 nitrogen and oxygen atoms in total. The summed E-state index contributed by atoms with van der Waals surface area (Å²) in [7, 11) is 1.70. The van der Waals surface area contributed by atoms with Crippen molar-refractivity contribution in [3.63, 3.8) is 0 Å². The zero-order valence-electron chi connectivity index (χ0n) is 11.2. The molecule has 17 heavy (non-hydrogen) atoms. The second kappa shape index (κ2) is 10.2. The topological polar surface area (TPSA) is 30.5 Å². The van der Waals surface area contributed by atoms with Crippen LogP contribution in [0.1, 0.15) is 32.1 Å². The van der Waals surface area contributed by atoms with E-state index in [1.807, 2.05) is 11.8 Å². The van der Waals surface area contributed by atoms with Gasteiger partial charge in [-0.15, -0.1) is 0 Å². The minimum atomic E-state index is 0.699. The van der Waals surface area contributed by atoms with Crippen LogP contribution in [0, 0.1) is 0 Å². The van der Waals surface area contributed by atoms with Crippen molar-refractivity contribution < 1.29 is 9.47 Å². The van der Waals surface area contributed by atoms with E-state index >= 15 is 0 Å². The molecule has 1 saturated carbocycles. The predicted molar refractivity (Wildman–Crippen MR) is 74.9 cm³/mol. The summed E-state index contributed by atoms with van der Waals surface area (Å²) in [5.74, 6) is 0. The summed E-state index contributed by atoms with van der Waals surface area (Å²) in [5, 5.41) is 4.50. The molecule has 0 radical (unpaired) electrons. The van der Waals surface area contributed by atoms with Gasteiger partial charge in [0.1, 0.15) is 0 Å². The van der Waals surface area contributed by atoms with Crippen LogP contribution in [0.5, 0.6) is 0 Å². The summed E-state index contributed by atoms with van der Waals surface area (Å²) in [5.41, 5.74) is 0. The first-order valence-corrected chi connectivity index (χ1v) is 8.00. The fourth-order valence-electron chi connectivity index (χ4n) is 2.32. The van der Waals surface area contributed by atoms with Crippen LogP contribution in [-0.4, -0.2) is 51.0 Å². The van der Waals surface area contributed by atoms with Crippen molar-refractivity contribution in [3.8, 4) is 0 Å². The van der Waals surface area contributed by atoms with Crippen molar-refractivity contribution in [2.24, 2.45) is 0 Å². The summed E-state index contributed by atoms with van der Waals surface area (Å²) < 4.78 is 10.4. The third-order valence-electron chi connectivity index (χ3n) is 3.31. The molecule has 4 heteroatoms. The maximum Gasteiger partial charge on any atom is 0.0700 e. The second-order valence-corrected chi connectivity index (χ2v) is 5.65. The van der Waals surface area contributed by atoms with Gasteiger partial charge in [-0.05, 0) is 32.1 Å². The maximum absolute atomic E-state index is 5.45. The molecule has 2 atom stereocenters. The smallest absolute Gasteiger partial charge is 0.0700 e. The highest BCUT2D eigenvalue weighted by molar-refractivity contribution is 7.99. The quantitative estimate of drug-likeness (QED) is 0.645.